The van der Waals surface area contributed by atoms with Crippen LogP contribution in [0.3, 0.4) is 0 Å². The molecule has 1 nitrogen and oxygen atoms in total. The van der Waals surface area contributed by atoms with Crippen LogP contribution in [0.15, 0.2) is 18.2 Å². The molecule has 0 spiro atoms. The first-order valence-electron chi connectivity index (χ1n) is 3.37. The van der Waals surface area contributed by atoms with Gasteiger partial charge < -0.3 is 5.73 Å². The predicted octanol–water partition coefficient (Wildman–Crippen LogP) is 2.13. The molecular weight excluding hydrogens is 174 g/mol. The topological polar surface area (TPSA) is 26.0 Å². The second-order valence-electron chi connectivity index (χ2n) is 2.30. The molecule has 60 valence electrons. The maximum atomic E-state index is 5.72. The minimum atomic E-state index is 0.683. The van der Waals surface area contributed by atoms with Gasteiger partial charge in [0.1, 0.15) is 0 Å². The molecule has 3 heteroatoms. The number of hydrogen-bond acceptors (Lipinski definition) is 3. The zero-order valence-corrected chi connectivity index (χ0v) is 7.91. The molecule has 1 aromatic rings. The Morgan fingerprint density at radius 1 is 1.18 bits per heavy atom. The summed E-state index contributed by atoms with van der Waals surface area (Å²) in [5, 5.41) is 0. The third-order valence-corrected chi connectivity index (χ3v) is 2.29. The van der Waals surface area contributed by atoms with E-state index in [0.717, 1.165) is 17.0 Å². The zero-order valence-electron chi connectivity index (χ0n) is 6.12. The molecule has 0 atom stereocenters. The lowest BCUT2D eigenvalue weighted by Crippen LogP contribution is -1.95. The van der Waals surface area contributed by atoms with Gasteiger partial charge in [0.15, 0.2) is 0 Å². The van der Waals surface area contributed by atoms with Crippen molar-refractivity contribution < 1.29 is 0 Å². The maximum absolute atomic E-state index is 5.72. The molecule has 2 N–H and O–H groups in total. The van der Waals surface area contributed by atoms with Crippen molar-refractivity contribution in [1.29, 1.82) is 0 Å². The van der Waals surface area contributed by atoms with Gasteiger partial charge in [-0.2, -0.15) is 25.3 Å². The van der Waals surface area contributed by atoms with E-state index in [-0.39, 0.29) is 0 Å². The van der Waals surface area contributed by atoms with E-state index < -0.39 is 0 Å². The van der Waals surface area contributed by atoms with Crippen LogP contribution in [0, 0.1) is 0 Å². The summed E-state index contributed by atoms with van der Waals surface area (Å²) in [5.74, 6) is 1.41. The Bertz CT molecular complexity index is 248. The number of thiol groups is 2. The maximum Gasteiger partial charge on any atom is 0.0358 e. The van der Waals surface area contributed by atoms with Gasteiger partial charge in [-0.1, -0.05) is 12.1 Å². The molecule has 0 saturated carbocycles. The summed E-state index contributed by atoms with van der Waals surface area (Å²) in [6.07, 6.45) is 0. The smallest absolute Gasteiger partial charge is 0.0358 e. The molecule has 11 heavy (non-hydrogen) atoms. The monoisotopic (exact) mass is 185 g/mol. The van der Waals surface area contributed by atoms with Crippen LogP contribution in [-0.2, 0) is 11.5 Å². The number of hydrogen-bond donors (Lipinski definition) is 3. The van der Waals surface area contributed by atoms with Crippen molar-refractivity contribution in [1.82, 2.24) is 0 Å². The zero-order chi connectivity index (χ0) is 8.27. The first-order valence-corrected chi connectivity index (χ1v) is 4.64. The third-order valence-electron chi connectivity index (χ3n) is 1.64. The summed E-state index contributed by atoms with van der Waals surface area (Å²) in [6.45, 7) is 0. The summed E-state index contributed by atoms with van der Waals surface area (Å²) < 4.78 is 0. The highest BCUT2D eigenvalue weighted by atomic mass is 32.1. The van der Waals surface area contributed by atoms with Crippen LogP contribution in [0.4, 0.5) is 5.69 Å². The molecule has 0 aliphatic heterocycles. The number of anilines is 1. The fourth-order valence-corrected chi connectivity index (χ4v) is 1.68. The standard InChI is InChI=1S/C8H11NS2/c9-8-3-1-2-6(4-10)7(8)5-11/h1-3,10-11H,4-5,9H2. The number of benzene rings is 1. The summed E-state index contributed by atoms with van der Waals surface area (Å²) in [7, 11) is 0. The lowest BCUT2D eigenvalue weighted by Gasteiger charge is -2.06. The van der Waals surface area contributed by atoms with Gasteiger partial charge >= 0.3 is 0 Å². The van der Waals surface area contributed by atoms with E-state index in [9.17, 15) is 0 Å². The summed E-state index contributed by atoms with van der Waals surface area (Å²) in [4.78, 5) is 0. The van der Waals surface area contributed by atoms with Gasteiger partial charge in [0, 0.05) is 17.2 Å². The highest BCUT2D eigenvalue weighted by molar-refractivity contribution is 7.79. The van der Waals surface area contributed by atoms with Crippen LogP contribution >= 0.6 is 25.3 Å². The molecule has 0 heterocycles. The molecule has 0 aliphatic rings. The van der Waals surface area contributed by atoms with Gasteiger partial charge in [-0.15, -0.1) is 0 Å². The molecule has 0 amide bonds. The van der Waals surface area contributed by atoms with Gasteiger partial charge in [0.2, 0.25) is 0 Å². The van der Waals surface area contributed by atoms with Crippen molar-refractivity contribution in [3.05, 3.63) is 29.3 Å². The Labute approximate surface area is 77.8 Å². The summed E-state index contributed by atoms with van der Waals surface area (Å²) >= 11 is 8.38. The second kappa shape index (κ2) is 3.93. The molecular formula is C8H11NS2. The second-order valence-corrected chi connectivity index (χ2v) is 2.93. The number of rotatable bonds is 2. The van der Waals surface area contributed by atoms with Crippen LogP contribution in [0.25, 0.3) is 0 Å². The van der Waals surface area contributed by atoms with E-state index >= 15 is 0 Å². The van der Waals surface area contributed by atoms with Gasteiger partial charge in [-0.25, -0.2) is 0 Å². The Balaban J connectivity index is 3.13. The predicted molar refractivity (Wildman–Crippen MR) is 56.2 cm³/mol. The Morgan fingerprint density at radius 3 is 2.36 bits per heavy atom. The largest absolute Gasteiger partial charge is 0.398 e. The first-order chi connectivity index (χ1) is 5.29. The molecule has 1 aromatic carbocycles. The third kappa shape index (κ3) is 1.84. The van der Waals surface area contributed by atoms with Crippen LogP contribution < -0.4 is 5.73 Å². The van der Waals surface area contributed by atoms with Crippen LogP contribution in [0.1, 0.15) is 11.1 Å². The highest BCUT2D eigenvalue weighted by Gasteiger charge is 2.01. The van der Waals surface area contributed by atoms with Crippen molar-refractivity contribution in [3.63, 3.8) is 0 Å². The average molecular weight is 185 g/mol. The molecule has 0 saturated heterocycles. The van der Waals surface area contributed by atoms with Crippen molar-refractivity contribution in [2.24, 2.45) is 0 Å². The van der Waals surface area contributed by atoms with E-state index in [0.29, 0.717) is 5.75 Å². The van der Waals surface area contributed by atoms with Crippen LogP contribution in [0.2, 0.25) is 0 Å². The minimum Gasteiger partial charge on any atom is -0.398 e. The average Bonchev–Trinajstić information content (AvgIpc) is 2.04. The normalized spacial score (nSPS) is 10.0. The van der Waals surface area contributed by atoms with Crippen molar-refractivity contribution in [3.8, 4) is 0 Å². The molecule has 0 aromatic heterocycles. The van der Waals surface area contributed by atoms with Gasteiger partial charge in [-0.3, -0.25) is 0 Å². The summed E-state index contributed by atoms with van der Waals surface area (Å²) in [5.41, 5.74) is 8.81. The van der Waals surface area contributed by atoms with Crippen LogP contribution in [-0.4, -0.2) is 0 Å². The fraction of sp³-hybridized carbons (Fsp3) is 0.250. The first kappa shape index (κ1) is 8.81. The number of nitrogens with two attached hydrogens (primary N) is 1. The fourth-order valence-electron chi connectivity index (χ4n) is 0.995. The van der Waals surface area contributed by atoms with Crippen LogP contribution in [0.5, 0.6) is 0 Å². The van der Waals surface area contributed by atoms with E-state index in [1.54, 1.807) is 0 Å². The van der Waals surface area contributed by atoms with Gasteiger partial charge in [0.25, 0.3) is 0 Å². The molecule has 1 rings (SSSR count). The van der Waals surface area contributed by atoms with E-state index in [2.05, 4.69) is 25.3 Å². The minimum absolute atomic E-state index is 0.683. The lowest BCUT2D eigenvalue weighted by molar-refractivity contribution is 1.30. The van der Waals surface area contributed by atoms with Crippen molar-refractivity contribution in [2.45, 2.75) is 11.5 Å². The molecule has 0 bridgehead atoms. The van der Waals surface area contributed by atoms with Crippen molar-refractivity contribution in [2.75, 3.05) is 5.73 Å². The lowest BCUT2D eigenvalue weighted by atomic mass is 10.1. The van der Waals surface area contributed by atoms with Crippen molar-refractivity contribution >= 4 is 30.9 Å². The Morgan fingerprint density at radius 2 is 1.91 bits per heavy atom. The molecule has 0 aliphatic carbocycles. The van der Waals surface area contributed by atoms with Gasteiger partial charge in [-0.05, 0) is 17.2 Å². The summed E-state index contributed by atoms with van der Waals surface area (Å²) in [6, 6.07) is 5.85. The van der Waals surface area contributed by atoms with E-state index in [4.69, 9.17) is 5.73 Å². The quantitative estimate of drug-likeness (QED) is 0.477. The SMILES string of the molecule is Nc1cccc(CS)c1CS. The van der Waals surface area contributed by atoms with Gasteiger partial charge in [0.05, 0.1) is 0 Å². The molecule has 0 fully saturated rings. The van der Waals surface area contributed by atoms with E-state index in [1.807, 2.05) is 18.2 Å². The molecule has 0 unspecified atom stereocenters. The Kier molecular flexibility index (Phi) is 3.15. The highest BCUT2D eigenvalue weighted by Crippen LogP contribution is 2.20. The molecule has 0 radical (unpaired) electrons. The number of nitrogen functional groups attached to an aromatic ring is 1. The van der Waals surface area contributed by atoms with E-state index in [1.165, 1.54) is 5.56 Å². The Hall–Kier alpha value is -0.280.